The highest BCUT2D eigenvalue weighted by Crippen LogP contribution is 2.27. The summed E-state index contributed by atoms with van der Waals surface area (Å²) < 4.78 is 10.2. The minimum atomic E-state index is 0.134. The predicted molar refractivity (Wildman–Crippen MR) is 91.6 cm³/mol. The molecule has 0 unspecified atom stereocenters. The molecule has 0 saturated heterocycles. The summed E-state index contributed by atoms with van der Waals surface area (Å²) in [4.78, 5) is 4.19. The van der Waals surface area contributed by atoms with E-state index in [2.05, 4.69) is 10.3 Å². The minimum Gasteiger partial charge on any atom is -0.508 e. The standard InChI is InChI=1S/C16H18ClN3O3/c1-22-12-4-5-14(21)10(7-12)9-19-16(18)20-11-3-6-15(23-2)13(17)8-11/h3-8,21H,9H2,1-2H3,(H3,18,19,20). The van der Waals surface area contributed by atoms with Gasteiger partial charge in [0.2, 0.25) is 0 Å². The Balaban J connectivity index is 2.07. The fourth-order valence-electron chi connectivity index (χ4n) is 1.92. The summed E-state index contributed by atoms with van der Waals surface area (Å²) in [6.07, 6.45) is 0. The van der Waals surface area contributed by atoms with Gasteiger partial charge in [-0.25, -0.2) is 4.99 Å². The number of phenolic OH excluding ortho intramolecular Hbond substituents is 1. The van der Waals surface area contributed by atoms with Gasteiger partial charge < -0.3 is 25.6 Å². The summed E-state index contributed by atoms with van der Waals surface area (Å²) in [6, 6.07) is 10.1. The summed E-state index contributed by atoms with van der Waals surface area (Å²) in [5, 5.41) is 13.2. The zero-order valence-corrected chi connectivity index (χ0v) is 13.6. The number of ether oxygens (including phenoxy) is 2. The predicted octanol–water partition coefficient (Wildman–Crippen LogP) is 2.99. The Morgan fingerprint density at radius 1 is 1.22 bits per heavy atom. The van der Waals surface area contributed by atoms with Gasteiger partial charge in [0, 0.05) is 11.3 Å². The molecule has 7 heteroatoms. The molecule has 0 heterocycles. The molecular formula is C16H18ClN3O3. The number of aromatic hydroxyl groups is 1. The number of guanidine groups is 1. The van der Waals surface area contributed by atoms with Crippen molar-refractivity contribution in [2.24, 2.45) is 10.7 Å². The maximum absolute atomic E-state index is 9.81. The van der Waals surface area contributed by atoms with E-state index in [-0.39, 0.29) is 18.3 Å². The summed E-state index contributed by atoms with van der Waals surface area (Å²) in [5.41, 5.74) is 7.15. The van der Waals surface area contributed by atoms with Crippen LogP contribution in [0.4, 0.5) is 5.69 Å². The van der Waals surface area contributed by atoms with E-state index >= 15 is 0 Å². The van der Waals surface area contributed by atoms with Gasteiger partial charge >= 0.3 is 0 Å². The topological polar surface area (TPSA) is 89.1 Å². The van der Waals surface area contributed by atoms with Gasteiger partial charge in [-0.05, 0) is 36.4 Å². The van der Waals surface area contributed by atoms with Crippen LogP contribution in [-0.4, -0.2) is 25.3 Å². The molecule has 6 nitrogen and oxygen atoms in total. The molecule has 0 saturated carbocycles. The number of nitrogens with two attached hydrogens (primary N) is 1. The first-order valence-corrected chi connectivity index (χ1v) is 7.17. The Labute approximate surface area is 139 Å². The molecule has 0 amide bonds. The SMILES string of the molecule is COc1ccc(O)c(CN=C(N)Nc2ccc(OC)c(Cl)c2)c1. The molecule has 0 spiro atoms. The number of benzene rings is 2. The molecule has 0 aliphatic heterocycles. The normalized spacial score (nSPS) is 11.2. The number of hydrogen-bond donors (Lipinski definition) is 3. The van der Waals surface area contributed by atoms with E-state index in [4.69, 9.17) is 26.8 Å². The highest BCUT2D eigenvalue weighted by atomic mass is 35.5. The zero-order valence-electron chi connectivity index (χ0n) is 12.8. The van der Waals surface area contributed by atoms with Crippen LogP contribution in [0, 0.1) is 0 Å². The van der Waals surface area contributed by atoms with Crippen molar-refractivity contribution in [3.05, 3.63) is 47.0 Å². The molecule has 23 heavy (non-hydrogen) atoms. The first-order chi connectivity index (χ1) is 11.0. The lowest BCUT2D eigenvalue weighted by molar-refractivity contribution is 0.411. The van der Waals surface area contributed by atoms with Crippen molar-refractivity contribution in [1.29, 1.82) is 0 Å². The van der Waals surface area contributed by atoms with Crippen LogP contribution in [0.5, 0.6) is 17.2 Å². The molecule has 2 aromatic rings. The van der Waals surface area contributed by atoms with E-state index in [0.29, 0.717) is 27.8 Å². The Hall–Kier alpha value is -2.60. The Bertz CT molecular complexity index is 720. The van der Waals surface area contributed by atoms with Crippen molar-refractivity contribution < 1.29 is 14.6 Å². The van der Waals surface area contributed by atoms with Crippen LogP contribution >= 0.6 is 11.6 Å². The molecule has 2 aromatic carbocycles. The van der Waals surface area contributed by atoms with E-state index < -0.39 is 0 Å². The number of methoxy groups -OCH3 is 2. The van der Waals surface area contributed by atoms with E-state index in [0.717, 1.165) is 0 Å². The van der Waals surface area contributed by atoms with Crippen LogP contribution in [-0.2, 0) is 6.54 Å². The summed E-state index contributed by atoms with van der Waals surface area (Å²) in [6.45, 7) is 0.214. The molecule has 0 bridgehead atoms. The van der Waals surface area contributed by atoms with E-state index in [1.165, 1.54) is 0 Å². The van der Waals surface area contributed by atoms with Gasteiger partial charge in [-0.1, -0.05) is 11.6 Å². The average molecular weight is 336 g/mol. The number of nitrogens with one attached hydrogen (secondary N) is 1. The number of hydrogen-bond acceptors (Lipinski definition) is 4. The molecule has 0 atom stereocenters. The molecular weight excluding hydrogens is 318 g/mol. The smallest absolute Gasteiger partial charge is 0.193 e. The third-order valence-corrected chi connectivity index (χ3v) is 3.43. The number of aliphatic imine (C=N–C) groups is 1. The van der Waals surface area contributed by atoms with Gasteiger partial charge in [0.1, 0.15) is 17.2 Å². The third kappa shape index (κ3) is 4.43. The molecule has 0 aliphatic rings. The molecule has 0 fully saturated rings. The van der Waals surface area contributed by atoms with Crippen molar-refractivity contribution in [3.63, 3.8) is 0 Å². The number of rotatable bonds is 5. The van der Waals surface area contributed by atoms with Crippen molar-refractivity contribution in [1.82, 2.24) is 0 Å². The number of phenols is 1. The molecule has 0 aliphatic carbocycles. The summed E-state index contributed by atoms with van der Waals surface area (Å²) in [5.74, 6) is 1.55. The Morgan fingerprint density at radius 2 is 2.00 bits per heavy atom. The van der Waals surface area contributed by atoms with Crippen molar-refractivity contribution >= 4 is 23.2 Å². The average Bonchev–Trinajstić information content (AvgIpc) is 2.54. The molecule has 0 aromatic heterocycles. The second kappa shape index (κ2) is 7.60. The second-order valence-electron chi connectivity index (χ2n) is 4.67. The monoisotopic (exact) mass is 335 g/mol. The van der Waals surface area contributed by atoms with E-state index in [1.807, 2.05) is 0 Å². The van der Waals surface area contributed by atoms with Gasteiger partial charge in [-0.15, -0.1) is 0 Å². The van der Waals surface area contributed by atoms with E-state index in [1.54, 1.807) is 50.6 Å². The molecule has 0 radical (unpaired) electrons. The van der Waals surface area contributed by atoms with Gasteiger partial charge in [0.05, 0.1) is 25.8 Å². The maximum Gasteiger partial charge on any atom is 0.193 e. The van der Waals surface area contributed by atoms with Gasteiger partial charge in [-0.2, -0.15) is 0 Å². The van der Waals surface area contributed by atoms with Crippen LogP contribution in [0.3, 0.4) is 0 Å². The lowest BCUT2D eigenvalue weighted by Gasteiger charge is -2.09. The summed E-state index contributed by atoms with van der Waals surface area (Å²) >= 11 is 6.05. The molecule has 4 N–H and O–H groups in total. The van der Waals surface area contributed by atoms with Crippen LogP contribution in [0.25, 0.3) is 0 Å². The molecule has 122 valence electrons. The van der Waals surface area contributed by atoms with Crippen molar-refractivity contribution in [2.75, 3.05) is 19.5 Å². The van der Waals surface area contributed by atoms with Crippen molar-refractivity contribution in [3.8, 4) is 17.2 Å². The third-order valence-electron chi connectivity index (χ3n) is 3.13. The second-order valence-corrected chi connectivity index (χ2v) is 5.08. The highest BCUT2D eigenvalue weighted by Gasteiger charge is 2.05. The fourth-order valence-corrected chi connectivity index (χ4v) is 2.18. The first kappa shape index (κ1) is 16.8. The van der Waals surface area contributed by atoms with Crippen LogP contribution < -0.4 is 20.5 Å². The van der Waals surface area contributed by atoms with E-state index in [9.17, 15) is 5.11 Å². The Kier molecular flexibility index (Phi) is 5.54. The largest absolute Gasteiger partial charge is 0.508 e. The number of nitrogens with zero attached hydrogens (tertiary/aromatic N) is 1. The highest BCUT2D eigenvalue weighted by molar-refractivity contribution is 6.32. The molecule has 2 rings (SSSR count). The quantitative estimate of drug-likeness (QED) is 0.577. The zero-order chi connectivity index (χ0) is 16.8. The number of anilines is 1. The van der Waals surface area contributed by atoms with Gasteiger partial charge in [0.25, 0.3) is 0 Å². The Morgan fingerprint density at radius 3 is 2.65 bits per heavy atom. The van der Waals surface area contributed by atoms with Gasteiger partial charge in [0.15, 0.2) is 5.96 Å². The summed E-state index contributed by atoms with van der Waals surface area (Å²) in [7, 11) is 3.10. The lowest BCUT2D eigenvalue weighted by atomic mass is 10.2. The van der Waals surface area contributed by atoms with Crippen LogP contribution in [0.15, 0.2) is 41.4 Å². The maximum atomic E-state index is 9.81. The minimum absolute atomic E-state index is 0.134. The fraction of sp³-hybridized carbons (Fsp3) is 0.188. The van der Waals surface area contributed by atoms with Crippen LogP contribution in [0.1, 0.15) is 5.56 Å². The van der Waals surface area contributed by atoms with Gasteiger partial charge in [-0.3, -0.25) is 0 Å². The van der Waals surface area contributed by atoms with Crippen LogP contribution in [0.2, 0.25) is 5.02 Å². The lowest BCUT2D eigenvalue weighted by Crippen LogP contribution is -2.22. The number of halogens is 1. The first-order valence-electron chi connectivity index (χ1n) is 6.80. The van der Waals surface area contributed by atoms with Crippen molar-refractivity contribution in [2.45, 2.75) is 6.54 Å².